The first-order valence-electron chi connectivity index (χ1n) is 9.51. The molecule has 3 heterocycles. The zero-order valence-corrected chi connectivity index (χ0v) is 17.6. The smallest absolute Gasteiger partial charge is 0.276 e. The molecule has 7 nitrogen and oxygen atoms in total. The molecule has 0 saturated carbocycles. The number of aromatic nitrogens is 5. The standard InChI is InChI=1S/C20H21ClN6OS/c1-14-4-2-11-26(12-14)19(28)18-17(13-29-20-22-9-3-10-23-20)27(25-24-18)16-7-5-15(21)6-8-16/h3,5-10,14H,2,4,11-13H2,1H3. The van der Waals surface area contributed by atoms with Gasteiger partial charge in [-0.05, 0) is 49.1 Å². The number of piperidine rings is 1. The van der Waals surface area contributed by atoms with Crippen molar-refractivity contribution in [2.75, 3.05) is 13.1 Å². The van der Waals surface area contributed by atoms with Gasteiger partial charge in [-0.25, -0.2) is 14.6 Å². The van der Waals surface area contributed by atoms with Crippen LogP contribution in [0.4, 0.5) is 0 Å². The molecular formula is C20H21ClN6OS. The Kier molecular flexibility index (Phi) is 6.10. The number of thioether (sulfide) groups is 1. The fraction of sp³-hybridized carbons (Fsp3) is 0.350. The molecule has 1 atom stereocenters. The molecule has 29 heavy (non-hydrogen) atoms. The molecule has 0 bridgehead atoms. The molecule has 1 aromatic carbocycles. The second-order valence-corrected chi connectivity index (χ2v) is 8.47. The molecule has 150 valence electrons. The summed E-state index contributed by atoms with van der Waals surface area (Å²) in [5, 5.41) is 9.83. The SMILES string of the molecule is CC1CCCN(C(=O)c2nnn(-c3ccc(Cl)cc3)c2CSc2ncccn2)C1. The average molecular weight is 429 g/mol. The molecular weight excluding hydrogens is 408 g/mol. The minimum Gasteiger partial charge on any atom is -0.337 e. The molecule has 3 aromatic rings. The van der Waals surface area contributed by atoms with Crippen LogP contribution in [0.25, 0.3) is 5.69 Å². The Morgan fingerprint density at radius 1 is 1.24 bits per heavy atom. The lowest BCUT2D eigenvalue weighted by Crippen LogP contribution is -2.39. The predicted octanol–water partition coefficient (Wildman–Crippen LogP) is 3.88. The number of benzene rings is 1. The summed E-state index contributed by atoms with van der Waals surface area (Å²) in [5.74, 6) is 0.903. The van der Waals surface area contributed by atoms with E-state index >= 15 is 0 Å². The van der Waals surface area contributed by atoms with Crippen molar-refractivity contribution in [3.8, 4) is 5.69 Å². The molecule has 1 amide bonds. The van der Waals surface area contributed by atoms with Gasteiger partial charge in [0.1, 0.15) is 0 Å². The normalized spacial score (nSPS) is 16.8. The largest absolute Gasteiger partial charge is 0.337 e. The van der Waals surface area contributed by atoms with Crippen LogP contribution >= 0.6 is 23.4 Å². The monoisotopic (exact) mass is 428 g/mol. The molecule has 1 fully saturated rings. The third kappa shape index (κ3) is 4.59. The van der Waals surface area contributed by atoms with E-state index in [0.29, 0.717) is 27.5 Å². The summed E-state index contributed by atoms with van der Waals surface area (Å²) in [6.07, 6.45) is 5.56. The van der Waals surface area contributed by atoms with Crippen molar-refractivity contribution >= 4 is 29.3 Å². The van der Waals surface area contributed by atoms with Gasteiger partial charge in [0, 0.05) is 36.3 Å². The molecule has 2 aromatic heterocycles. The zero-order chi connectivity index (χ0) is 20.2. The van der Waals surface area contributed by atoms with Crippen molar-refractivity contribution in [1.82, 2.24) is 29.9 Å². The van der Waals surface area contributed by atoms with Crippen LogP contribution in [0.5, 0.6) is 0 Å². The van der Waals surface area contributed by atoms with Gasteiger partial charge in [0.15, 0.2) is 10.9 Å². The van der Waals surface area contributed by atoms with Crippen molar-refractivity contribution < 1.29 is 4.79 Å². The van der Waals surface area contributed by atoms with Crippen molar-refractivity contribution in [3.63, 3.8) is 0 Å². The summed E-state index contributed by atoms with van der Waals surface area (Å²) < 4.78 is 1.70. The summed E-state index contributed by atoms with van der Waals surface area (Å²) in [7, 11) is 0. The zero-order valence-electron chi connectivity index (χ0n) is 16.0. The summed E-state index contributed by atoms with van der Waals surface area (Å²) in [6.45, 7) is 3.68. The van der Waals surface area contributed by atoms with Crippen LogP contribution in [0.3, 0.4) is 0 Å². The molecule has 0 radical (unpaired) electrons. The Hall–Kier alpha value is -2.45. The number of nitrogens with zero attached hydrogens (tertiary/aromatic N) is 6. The number of hydrogen-bond donors (Lipinski definition) is 0. The highest BCUT2D eigenvalue weighted by molar-refractivity contribution is 7.98. The van der Waals surface area contributed by atoms with Crippen molar-refractivity contribution in [3.05, 3.63) is 59.1 Å². The van der Waals surface area contributed by atoms with Crippen molar-refractivity contribution in [1.29, 1.82) is 0 Å². The van der Waals surface area contributed by atoms with E-state index in [9.17, 15) is 4.79 Å². The highest BCUT2D eigenvalue weighted by Gasteiger charge is 2.28. The van der Waals surface area contributed by atoms with E-state index in [0.717, 1.165) is 37.3 Å². The Morgan fingerprint density at radius 3 is 2.72 bits per heavy atom. The molecule has 4 rings (SSSR count). The van der Waals surface area contributed by atoms with Gasteiger partial charge < -0.3 is 4.90 Å². The first-order chi connectivity index (χ1) is 14.1. The van der Waals surface area contributed by atoms with E-state index in [4.69, 9.17) is 11.6 Å². The highest BCUT2D eigenvalue weighted by Crippen LogP contribution is 2.25. The lowest BCUT2D eigenvalue weighted by atomic mass is 10.00. The first-order valence-corrected chi connectivity index (χ1v) is 10.9. The maximum atomic E-state index is 13.2. The Morgan fingerprint density at radius 2 is 2.00 bits per heavy atom. The molecule has 1 unspecified atom stereocenters. The average Bonchev–Trinajstić information content (AvgIpc) is 3.17. The summed E-state index contributed by atoms with van der Waals surface area (Å²) >= 11 is 7.47. The van der Waals surface area contributed by atoms with Gasteiger partial charge in [-0.2, -0.15) is 0 Å². The maximum absolute atomic E-state index is 13.2. The number of likely N-dealkylation sites (tertiary alicyclic amines) is 1. The van der Waals surface area contributed by atoms with Crippen LogP contribution in [0.2, 0.25) is 5.02 Å². The summed E-state index contributed by atoms with van der Waals surface area (Å²) in [6, 6.07) is 9.09. The number of carbonyl (C=O) groups excluding carboxylic acids is 1. The van der Waals surface area contributed by atoms with Crippen LogP contribution < -0.4 is 0 Å². The number of rotatable bonds is 5. The second-order valence-electron chi connectivity index (χ2n) is 7.09. The van der Waals surface area contributed by atoms with Gasteiger partial charge in [-0.15, -0.1) is 5.10 Å². The molecule has 1 aliphatic rings. The quantitative estimate of drug-likeness (QED) is 0.453. The third-order valence-corrected chi connectivity index (χ3v) is 6.00. The van der Waals surface area contributed by atoms with Crippen molar-refractivity contribution in [2.45, 2.75) is 30.7 Å². The number of carbonyl (C=O) groups is 1. The van der Waals surface area contributed by atoms with Gasteiger partial charge in [-0.3, -0.25) is 4.79 Å². The summed E-state index contributed by atoms with van der Waals surface area (Å²) in [5.41, 5.74) is 1.92. The van der Waals surface area contributed by atoms with E-state index in [-0.39, 0.29) is 5.91 Å². The van der Waals surface area contributed by atoms with Gasteiger partial charge in [-0.1, -0.05) is 35.5 Å². The lowest BCUT2D eigenvalue weighted by Gasteiger charge is -2.30. The van der Waals surface area contributed by atoms with E-state index in [1.807, 2.05) is 17.0 Å². The van der Waals surface area contributed by atoms with Gasteiger partial charge in [0.05, 0.1) is 11.4 Å². The van der Waals surface area contributed by atoms with Crippen LogP contribution in [-0.4, -0.2) is 48.9 Å². The Balaban J connectivity index is 1.66. The molecule has 0 N–H and O–H groups in total. The maximum Gasteiger partial charge on any atom is 0.276 e. The Labute approximate surface area is 178 Å². The lowest BCUT2D eigenvalue weighted by molar-refractivity contribution is 0.0676. The van der Waals surface area contributed by atoms with E-state index < -0.39 is 0 Å². The number of amides is 1. The minimum absolute atomic E-state index is 0.0682. The van der Waals surface area contributed by atoms with Crippen LogP contribution in [0.1, 0.15) is 35.9 Å². The van der Waals surface area contributed by atoms with Crippen LogP contribution in [0.15, 0.2) is 47.9 Å². The van der Waals surface area contributed by atoms with Crippen molar-refractivity contribution in [2.24, 2.45) is 5.92 Å². The molecule has 1 saturated heterocycles. The topological polar surface area (TPSA) is 76.8 Å². The Bertz CT molecular complexity index is 978. The van der Waals surface area contributed by atoms with Gasteiger partial charge >= 0.3 is 0 Å². The van der Waals surface area contributed by atoms with Crippen LogP contribution in [-0.2, 0) is 5.75 Å². The predicted molar refractivity (Wildman–Crippen MR) is 112 cm³/mol. The minimum atomic E-state index is -0.0682. The van der Waals surface area contributed by atoms with Crippen LogP contribution in [0, 0.1) is 5.92 Å². The van der Waals surface area contributed by atoms with E-state index in [1.54, 1.807) is 35.3 Å². The molecule has 1 aliphatic heterocycles. The number of halogens is 1. The van der Waals surface area contributed by atoms with E-state index in [2.05, 4.69) is 27.2 Å². The second kappa shape index (κ2) is 8.92. The van der Waals surface area contributed by atoms with E-state index in [1.165, 1.54) is 11.8 Å². The van der Waals surface area contributed by atoms with Gasteiger partial charge in [0.2, 0.25) is 0 Å². The van der Waals surface area contributed by atoms with Gasteiger partial charge in [0.25, 0.3) is 5.91 Å². The fourth-order valence-corrected chi connectivity index (χ4v) is 4.33. The third-order valence-electron chi connectivity index (χ3n) is 4.86. The first kappa shape index (κ1) is 19.8. The highest BCUT2D eigenvalue weighted by atomic mass is 35.5. The number of hydrogen-bond acceptors (Lipinski definition) is 6. The summed E-state index contributed by atoms with van der Waals surface area (Å²) in [4.78, 5) is 23.6. The molecule has 9 heteroatoms. The fourth-order valence-electron chi connectivity index (χ4n) is 3.40. The molecule has 0 aliphatic carbocycles. The molecule has 0 spiro atoms.